The predicted molar refractivity (Wildman–Crippen MR) is 41.6 cm³/mol. The van der Waals surface area contributed by atoms with Gasteiger partial charge in [0.05, 0.1) is 0 Å². The Morgan fingerprint density at radius 3 is 1.62 bits per heavy atom. The Balaban J connectivity index is -0.000000125. The molecule has 0 bridgehead atoms. The minimum atomic E-state index is -4.05. The van der Waals surface area contributed by atoms with E-state index in [-0.39, 0.29) is 62.0 Å². The quantitative estimate of drug-likeness (QED) is 0.386. The molecule has 0 fully saturated rings. The van der Waals surface area contributed by atoms with Gasteiger partial charge in [-0.1, -0.05) is 0 Å². The molecule has 0 rings (SSSR count). The van der Waals surface area contributed by atoms with Crippen molar-refractivity contribution in [1.29, 1.82) is 0 Å². The molecule has 0 aliphatic carbocycles. The van der Waals surface area contributed by atoms with Crippen molar-refractivity contribution >= 4 is 69.8 Å². The molecule has 0 saturated heterocycles. The first-order valence-electron chi connectivity index (χ1n) is 1.17. The molecule has 0 unspecified atom stereocenters. The number of phosphoric acid groups is 1. The molecule has 8 heteroatoms. The SMILES string of the molecule is O=P(O)(O)[O][InH2].[AlH3].[GaH3]. The summed E-state index contributed by atoms with van der Waals surface area (Å²) in [4.78, 5) is 15.5. The van der Waals surface area contributed by atoms with Gasteiger partial charge in [-0.05, 0) is 0 Å². The van der Waals surface area contributed by atoms with Gasteiger partial charge in [-0.3, -0.25) is 0 Å². The van der Waals surface area contributed by atoms with Crippen LogP contribution in [-0.4, -0.2) is 71.7 Å². The van der Waals surface area contributed by atoms with Crippen molar-refractivity contribution in [2.45, 2.75) is 0 Å². The molecule has 0 amide bonds. The maximum absolute atomic E-state index is 9.52. The molecule has 0 aromatic carbocycles. The topological polar surface area (TPSA) is 66.8 Å². The van der Waals surface area contributed by atoms with Gasteiger partial charge in [0.2, 0.25) is 0 Å². The van der Waals surface area contributed by atoms with Crippen LogP contribution in [0.1, 0.15) is 0 Å². The summed E-state index contributed by atoms with van der Waals surface area (Å²) in [6.45, 7) is 0. The first-order chi connectivity index (χ1) is 2.56. The molecular weight excluding hydrogens is 306 g/mol. The van der Waals surface area contributed by atoms with Gasteiger partial charge < -0.3 is 0 Å². The van der Waals surface area contributed by atoms with Gasteiger partial charge in [0.15, 0.2) is 17.4 Å². The van der Waals surface area contributed by atoms with Crippen LogP contribution in [-0.2, 0) is 7.21 Å². The molecule has 0 spiro atoms. The molecule has 2 N–H and O–H groups in total. The molecule has 0 aliphatic rings. The Bertz CT molecular complexity index is 80.1. The van der Waals surface area contributed by atoms with E-state index in [4.69, 9.17) is 9.79 Å². The zero-order chi connectivity index (χ0) is 5.21. The van der Waals surface area contributed by atoms with Gasteiger partial charge in [-0.25, -0.2) is 0 Å². The minimum absolute atomic E-state index is 0. The third-order valence-corrected chi connectivity index (χ3v) is 4.79. The maximum atomic E-state index is 9.52. The second-order valence-electron chi connectivity index (χ2n) is 0.673. The summed E-state index contributed by atoms with van der Waals surface area (Å²) in [7, 11) is -4.05. The van der Waals surface area contributed by atoms with Crippen LogP contribution in [0.5, 0.6) is 0 Å². The van der Waals surface area contributed by atoms with Crippen molar-refractivity contribution in [2.24, 2.45) is 0 Å². The summed E-state index contributed by atoms with van der Waals surface area (Å²) < 4.78 is 13.3. The number of hydrogen-bond donors (Lipinski definition) is 2. The standard InChI is InChI=1S/Al.Ga.In.H3O4P.8H/c;;;1-5(2,3)4;;;;;;;;/h;;;(H3,1,2,3,4);;;;;;;;/q;;+1;;;;;;;;;/p-1. The molecule has 0 heterocycles. The molecule has 0 atom stereocenters. The van der Waals surface area contributed by atoms with Gasteiger partial charge in [-0.2, -0.15) is 0 Å². The summed E-state index contributed by atoms with van der Waals surface area (Å²) in [5.74, 6) is 0. The van der Waals surface area contributed by atoms with Gasteiger partial charge in [0.25, 0.3) is 0 Å². The summed E-state index contributed by atoms with van der Waals surface area (Å²) in [6, 6.07) is 0. The van der Waals surface area contributed by atoms with Crippen LogP contribution in [0, 0.1) is 0 Å². The second-order valence-corrected chi connectivity index (χ2v) is 5.15. The fourth-order valence-electron chi connectivity index (χ4n) is 0. The Kier molecular flexibility index (Phi) is 15.1. The van der Waals surface area contributed by atoms with E-state index in [1.165, 1.54) is 0 Å². The van der Waals surface area contributed by atoms with E-state index in [0.717, 1.165) is 0 Å². The molecule has 0 aromatic rings. The summed E-state index contributed by atoms with van der Waals surface area (Å²) in [6.07, 6.45) is 0. The molecule has 8 heavy (non-hydrogen) atoms. The van der Waals surface area contributed by atoms with E-state index >= 15 is 0 Å². The monoisotopic (exact) mass is 316 g/mol. The molecule has 0 aliphatic heterocycles. The van der Waals surface area contributed by atoms with Gasteiger partial charge in [0.1, 0.15) is 0 Å². The normalized spacial score (nSPS) is 8.75. The third kappa shape index (κ3) is 15.7. The summed E-state index contributed by atoms with van der Waals surface area (Å²) in [5.41, 5.74) is 0. The Hall–Kier alpha value is 2.15. The van der Waals surface area contributed by atoms with Crippen molar-refractivity contribution in [3.63, 3.8) is 0 Å². The van der Waals surface area contributed by atoms with E-state index in [1.807, 2.05) is 0 Å². The Morgan fingerprint density at radius 2 is 1.62 bits per heavy atom. The third-order valence-electron chi connectivity index (χ3n) is 0.238. The Labute approximate surface area is 86.0 Å². The van der Waals surface area contributed by atoms with Crippen molar-refractivity contribution in [3.8, 4) is 0 Å². The molecule has 0 saturated carbocycles. The zero-order valence-electron chi connectivity index (χ0n) is 3.16. The van der Waals surface area contributed by atoms with Crippen LogP contribution in [0.25, 0.3) is 0 Å². The van der Waals surface area contributed by atoms with E-state index in [9.17, 15) is 4.57 Å². The van der Waals surface area contributed by atoms with Gasteiger partial charge >= 0.3 is 69.4 Å². The average molecular weight is 317 g/mol. The average Bonchev–Trinajstić information content (AvgIpc) is 1.35. The van der Waals surface area contributed by atoms with Gasteiger partial charge in [-0.15, -0.1) is 0 Å². The number of rotatable bonds is 1. The van der Waals surface area contributed by atoms with E-state index in [2.05, 4.69) is 2.64 Å². The van der Waals surface area contributed by atoms with Crippen LogP contribution in [0.4, 0.5) is 0 Å². The molecule has 48 valence electrons. The summed E-state index contributed by atoms with van der Waals surface area (Å²) >= 11 is -0.356. The fraction of sp³-hybridized carbons (Fsp3) is 0. The van der Waals surface area contributed by atoms with Crippen LogP contribution < -0.4 is 0 Å². The Morgan fingerprint density at radius 1 is 1.50 bits per heavy atom. The van der Waals surface area contributed by atoms with Crippen LogP contribution >= 0.6 is 7.82 Å². The van der Waals surface area contributed by atoms with Crippen molar-refractivity contribution in [1.82, 2.24) is 0 Å². The predicted octanol–water partition coefficient (Wildman–Crippen LogP) is -3.72. The van der Waals surface area contributed by atoms with Crippen LogP contribution in [0.2, 0.25) is 0 Å². The van der Waals surface area contributed by atoms with E-state index < -0.39 is 7.82 Å². The van der Waals surface area contributed by atoms with E-state index in [1.54, 1.807) is 0 Å². The van der Waals surface area contributed by atoms with Crippen molar-refractivity contribution < 1.29 is 17.0 Å². The number of hydrogen-bond acceptors (Lipinski definition) is 2. The first-order valence-corrected chi connectivity index (χ1v) is 5.03. The van der Waals surface area contributed by atoms with Gasteiger partial charge in [0, 0.05) is 0 Å². The zero-order valence-corrected chi connectivity index (χ0v) is 9.76. The molecule has 4 nitrogen and oxygen atoms in total. The van der Waals surface area contributed by atoms with Crippen LogP contribution in [0.15, 0.2) is 0 Å². The van der Waals surface area contributed by atoms with Crippen molar-refractivity contribution in [3.05, 3.63) is 0 Å². The molecule has 0 aromatic heterocycles. The second kappa shape index (κ2) is 7.26. The van der Waals surface area contributed by atoms with Crippen LogP contribution in [0.3, 0.4) is 0 Å². The summed E-state index contributed by atoms with van der Waals surface area (Å²) in [5, 5.41) is 0. The fourth-order valence-corrected chi connectivity index (χ4v) is 0. The van der Waals surface area contributed by atoms with Crippen molar-refractivity contribution in [2.75, 3.05) is 0 Å². The molecule has 0 radical (unpaired) electrons. The molecular formula is H10AlGaInO4P. The van der Waals surface area contributed by atoms with E-state index in [0.29, 0.717) is 0 Å². The first kappa shape index (κ1) is 16.6.